The predicted octanol–water partition coefficient (Wildman–Crippen LogP) is 8.51. The molecule has 3 heterocycles. The number of benzene rings is 2. The molecule has 47 heavy (non-hydrogen) atoms. The first-order valence-corrected chi connectivity index (χ1v) is 17.2. The lowest BCUT2D eigenvalue weighted by Gasteiger charge is -2.44. The first-order valence-electron chi connectivity index (χ1n) is 15.6. The van der Waals surface area contributed by atoms with Gasteiger partial charge >= 0.3 is 12.2 Å². The number of carbonyl (C=O) groups excluding carboxylic acids is 2. The third-order valence-electron chi connectivity index (χ3n) is 8.52. The number of carbonyl (C=O) groups is 2. The van der Waals surface area contributed by atoms with Gasteiger partial charge in [-0.3, -0.25) is 4.90 Å². The summed E-state index contributed by atoms with van der Waals surface area (Å²) in [5.74, 6) is -0.690. The van der Waals surface area contributed by atoms with Crippen LogP contribution in [0, 0.1) is 30.0 Å². The van der Waals surface area contributed by atoms with Gasteiger partial charge in [0.1, 0.15) is 21.7 Å². The predicted molar refractivity (Wildman–Crippen MR) is 184 cm³/mol. The van der Waals surface area contributed by atoms with Crippen LogP contribution in [0.25, 0.3) is 22.0 Å². The molecule has 2 N–H and O–H groups in total. The third kappa shape index (κ3) is 6.55. The Morgan fingerprint density at radius 1 is 1.21 bits per heavy atom. The average molecular weight is 682 g/mol. The molecule has 3 atom stereocenters. The van der Waals surface area contributed by atoms with E-state index in [-0.39, 0.29) is 41.7 Å². The molecule has 2 aromatic carbocycles. The second-order valence-corrected chi connectivity index (χ2v) is 15.3. The molecule has 2 bridgehead atoms. The van der Waals surface area contributed by atoms with Gasteiger partial charge in [-0.05, 0) is 96.4 Å². The average Bonchev–Trinajstić information content (AvgIpc) is 3.56. The van der Waals surface area contributed by atoms with Crippen molar-refractivity contribution in [1.82, 2.24) is 9.88 Å². The number of ether oxygens (including phenoxy) is 2. The first-order chi connectivity index (χ1) is 22.0. The summed E-state index contributed by atoms with van der Waals surface area (Å²) < 4.78 is 28.7. The largest absolute Gasteiger partial charge is 0.444 e. The fourth-order valence-electron chi connectivity index (χ4n) is 6.54. The zero-order valence-electron chi connectivity index (χ0n) is 28.0. The number of nitrogens with zero attached hydrogens (tertiary/aromatic N) is 4. The number of aromatic nitrogens is 1. The van der Waals surface area contributed by atoms with E-state index in [1.807, 2.05) is 6.92 Å². The van der Waals surface area contributed by atoms with Crippen molar-refractivity contribution >= 4 is 57.8 Å². The number of halogens is 2. The number of rotatable bonds is 6. The summed E-state index contributed by atoms with van der Waals surface area (Å²) in [6.07, 6.45) is 1.70. The lowest BCUT2D eigenvalue weighted by Crippen LogP contribution is -2.59. The van der Waals surface area contributed by atoms with Crippen molar-refractivity contribution in [2.24, 2.45) is 5.92 Å². The van der Waals surface area contributed by atoms with Crippen LogP contribution in [0.15, 0.2) is 29.3 Å². The molecule has 1 aromatic heterocycles. The number of nitriles is 1. The van der Waals surface area contributed by atoms with E-state index in [9.17, 15) is 14.9 Å². The molecule has 0 unspecified atom stereocenters. The summed E-state index contributed by atoms with van der Waals surface area (Å²) in [6, 6.07) is 8.36. The van der Waals surface area contributed by atoms with E-state index in [1.165, 1.54) is 16.7 Å². The van der Waals surface area contributed by atoms with Crippen molar-refractivity contribution in [2.45, 2.75) is 96.0 Å². The van der Waals surface area contributed by atoms with E-state index < -0.39 is 35.2 Å². The van der Waals surface area contributed by atoms with Crippen molar-refractivity contribution in [2.75, 3.05) is 23.4 Å². The summed E-state index contributed by atoms with van der Waals surface area (Å²) >= 11 is 7.71. The number of nitrogen functional groups attached to an aromatic ring is 1. The number of hydrogen-bond acceptors (Lipinski definition) is 8. The van der Waals surface area contributed by atoms with E-state index in [0.717, 1.165) is 0 Å². The zero-order chi connectivity index (χ0) is 34.6. The number of nitrogens with two attached hydrogens (primary N) is 1. The molecule has 2 aliphatic heterocycles. The van der Waals surface area contributed by atoms with Gasteiger partial charge < -0.3 is 20.1 Å². The molecule has 6 rings (SSSR count). The van der Waals surface area contributed by atoms with E-state index in [1.54, 1.807) is 77.0 Å². The number of thioether (sulfide) groups is 1. The smallest absolute Gasteiger partial charge is 0.415 e. The van der Waals surface area contributed by atoms with Crippen molar-refractivity contribution in [1.29, 1.82) is 5.26 Å². The standard InChI is InChI=1S/C35H41ClFN5O4S/c1-18-21(12-9-13-23(18)36)25-19(11-10-14-38)15-22-28(26(25)37)40-31(47-8)27(39)30(22)42(33(44)46-35(5,6)7)29-20-16-24(29)41(17-20)32(43)45-34(2,3)4/h9,12-13,15,20,24,29H,10-11,16-17,39H2,1-8H3/t20-,24+,29-/m0/s1. The number of hydrogen-bond donors (Lipinski definition) is 1. The van der Waals surface area contributed by atoms with Crippen LogP contribution in [0.3, 0.4) is 0 Å². The van der Waals surface area contributed by atoms with Crippen LogP contribution >= 0.6 is 23.4 Å². The topological polar surface area (TPSA) is 122 Å². The van der Waals surface area contributed by atoms with Gasteiger partial charge in [0.05, 0.1) is 29.5 Å². The van der Waals surface area contributed by atoms with Crippen LogP contribution in [0.4, 0.5) is 25.4 Å². The quantitative estimate of drug-likeness (QED) is 0.257. The Kier molecular flexibility index (Phi) is 9.34. The Labute approximate surface area is 284 Å². The van der Waals surface area contributed by atoms with Gasteiger partial charge in [0.15, 0.2) is 5.82 Å². The molecular weight excluding hydrogens is 641 g/mol. The van der Waals surface area contributed by atoms with Crippen molar-refractivity contribution in [3.05, 3.63) is 46.2 Å². The lowest BCUT2D eigenvalue weighted by molar-refractivity contribution is 0.0217. The Bertz CT molecular complexity index is 1800. The maximum Gasteiger partial charge on any atom is 0.415 e. The summed E-state index contributed by atoms with van der Waals surface area (Å²) in [5.41, 5.74) is 7.90. The molecule has 1 saturated carbocycles. The van der Waals surface area contributed by atoms with Gasteiger partial charge in [-0.1, -0.05) is 23.7 Å². The first kappa shape index (κ1) is 34.6. The molecule has 12 heteroatoms. The van der Waals surface area contributed by atoms with Gasteiger partial charge in [0.2, 0.25) is 0 Å². The van der Waals surface area contributed by atoms with Crippen LogP contribution in [0.2, 0.25) is 5.02 Å². The fourth-order valence-corrected chi connectivity index (χ4v) is 7.21. The second kappa shape index (κ2) is 12.7. The van der Waals surface area contributed by atoms with Crippen molar-refractivity contribution in [3.8, 4) is 17.2 Å². The minimum atomic E-state index is -0.858. The maximum atomic E-state index is 17.1. The van der Waals surface area contributed by atoms with Gasteiger partial charge in [0.25, 0.3) is 0 Å². The Balaban J connectivity index is 1.77. The molecule has 3 aliphatic rings. The van der Waals surface area contributed by atoms with E-state index in [0.29, 0.717) is 50.7 Å². The summed E-state index contributed by atoms with van der Waals surface area (Å²) in [4.78, 5) is 35.3. The van der Waals surface area contributed by atoms with Crippen molar-refractivity contribution in [3.63, 3.8) is 0 Å². The molecular formula is C35H41ClFN5O4S. The zero-order valence-corrected chi connectivity index (χ0v) is 29.6. The van der Waals surface area contributed by atoms with Gasteiger partial charge in [0, 0.05) is 34.9 Å². The van der Waals surface area contributed by atoms with Crippen molar-refractivity contribution < 1.29 is 23.5 Å². The van der Waals surface area contributed by atoms with E-state index in [4.69, 9.17) is 26.8 Å². The van der Waals surface area contributed by atoms with Gasteiger partial charge in [-0.15, -0.1) is 11.8 Å². The SMILES string of the molecule is CSc1nc2c(F)c(-c3cccc(Cl)c3C)c(CCC#N)cc2c(N(C(=O)OC(C)(C)C)[C@H]2[C@H]3C[C@H]2N(C(=O)OC(C)(C)C)C3)c1N. The van der Waals surface area contributed by atoms with Gasteiger partial charge in [-0.2, -0.15) is 5.26 Å². The summed E-state index contributed by atoms with van der Waals surface area (Å²) in [5, 5.41) is 10.7. The van der Waals surface area contributed by atoms with Crippen LogP contribution < -0.4 is 10.6 Å². The highest BCUT2D eigenvalue weighted by molar-refractivity contribution is 7.98. The second-order valence-electron chi connectivity index (χ2n) is 14.1. The number of aryl methyl sites for hydroxylation is 1. The summed E-state index contributed by atoms with van der Waals surface area (Å²) in [6.45, 7) is 12.9. The highest BCUT2D eigenvalue weighted by Crippen LogP contribution is 2.51. The lowest BCUT2D eigenvalue weighted by atomic mass is 9.78. The van der Waals surface area contributed by atoms with E-state index in [2.05, 4.69) is 11.1 Å². The van der Waals surface area contributed by atoms with E-state index >= 15 is 4.39 Å². The molecule has 2 amide bonds. The third-order valence-corrected chi connectivity index (χ3v) is 9.63. The minimum Gasteiger partial charge on any atom is -0.444 e. The molecule has 3 aromatic rings. The van der Waals surface area contributed by atoms with Crippen LogP contribution in [0.5, 0.6) is 0 Å². The Hall–Kier alpha value is -3.75. The molecule has 3 fully saturated rings. The molecule has 9 nitrogen and oxygen atoms in total. The minimum absolute atomic E-state index is 0.0258. The molecule has 0 radical (unpaired) electrons. The van der Waals surface area contributed by atoms with Crippen LogP contribution in [0.1, 0.15) is 65.5 Å². The fraction of sp³-hybridized carbons (Fsp3) is 0.486. The molecule has 1 aliphatic carbocycles. The monoisotopic (exact) mass is 681 g/mol. The Morgan fingerprint density at radius 2 is 1.89 bits per heavy atom. The maximum absolute atomic E-state index is 17.1. The normalized spacial score (nSPS) is 18.9. The summed E-state index contributed by atoms with van der Waals surface area (Å²) in [7, 11) is 0. The number of fused-ring (bicyclic) bond motifs is 2. The molecule has 250 valence electrons. The highest BCUT2D eigenvalue weighted by atomic mass is 35.5. The highest BCUT2D eigenvalue weighted by Gasteiger charge is 2.59. The number of amides is 2. The van der Waals surface area contributed by atoms with Crippen LogP contribution in [-0.2, 0) is 15.9 Å². The number of anilines is 2. The molecule has 0 spiro atoms. The Morgan fingerprint density at radius 3 is 2.51 bits per heavy atom. The molecule has 2 saturated heterocycles. The van der Waals surface area contributed by atoms with Crippen LogP contribution in [-0.4, -0.2) is 58.2 Å². The number of pyridine rings is 1. The van der Waals surface area contributed by atoms with Gasteiger partial charge in [-0.25, -0.2) is 19.0 Å².